The van der Waals surface area contributed by atoms with E-state index in [1.165, 1.54) is 39.0 Å². The summed E-state index contributed by atoms with van der Waals surface area (Å²) in [4.78, 5) is 55.1. The van der Waals surface area contributed by atoms with Crippen molar-refractivity contribution in [3.63, 3.8) is 0 Å². The summed E-state index contributed by atoms with van der Waals surface area (Å²) in [5.74, 6) is 0.566. The summed E-state index contributed by atoms with van der Waals surface area (Å²) in [7, 11) is 0. The Labute approximate surface area is 462 Å². The number of amides is 2. The van der Waals surface area contributed by atoms with Gasteiger partial charge in [-0.1, -0.05) is 102 Å². The van der Waals surface area contributed by atoms with E-state index in [0.717, 1.165) is 146 Å². The fourth-order valence-electron chi connectivity index (χ4n) is 10.1. The number of carbonyl (C=O) groups is 2. The lowest BCUT2D eigenvalue weighted by Gasteiger charge is -2.29. The zero-order chi connectivity index (χ0) is 51.8. The lowest BCUT2D eigenvalue weighted by molar-refractivity contribution is -0.124. The van der Waals surface area contributed by atoms with Crippen molar-refractivity contribution in [1.29, 1.82) is 0 Å². The van der Waals surface area contributed by atoms with E-state index < -0.39 is 0 Å². The number of hydrogen-bond donors (Lipinski definition) is 0. The molecule has 6 aromatic rings. The Morgan fingerprint density at radius 2 is 0.757 bits per heavy atom. The first kappa shape index (κ1) is 55.5. The highest BCUT2D eigenvalue weighted by molar-refractivity contribution is 7.27. The molecule has 16 heteroatoms. The number of azide groups is 2. The van der Waals surface area contributed by atoms with Crippen molar-refractivity contribution in [1.82, 2.24) is 9.80 Å². The van der Waals surface area contributed by atoms with Crippen molar-refractivity contribution < 1.29 is 9.59 Å². The fourth-order valence-corrected chi connectivity index (χ4v) is 16.7. The molecule has 0 bridgehead atoms. The molecule has 390 valence electrons. The summed E-state index contributed by atoms with van der Waals surface area (Å²) in [6.45, 7) is 11.3. The zero-order valence-electron chi connectivity index (χ0n) is 43.5. The number of thiophene rings is 6. The van der Waals surface area contributed by atoms with Gasteiger partial charge in [0, 0.05) is 84.8 Å². The maximum absolute atomic E-state index is 15.5. The summed E-state index contributed by atoms with van der Waals surface area (Å²) < 4.78 is 0. The summed E-state index contributed by atoms with van der Waals surface area (Å²) >= 11 is 10.8. The van der Waals surface area contributed by atoms with E-state index in [1.54, 1.807) is 45.3 Å². The molecule has 2 aliphatic rings. The van der Waals surface area contributed by atoms with Gasteiger partial charge in [0.1, 0.15) is 0 Å². The topological polar surface area (TPSA) is 138 Å². The number of hydrogen-bond acceptors (Lipinski definition) is 10. The average Bonchev–Trinajstić information content (AvgIpc) is 4.28. The van der Waals surface area contributed by atoms with Gasteiger partial charge in [-0.15, -0.1) is 68.0 Å². The molecule has 2 atom stereocenters. The van der Waals surface area contributed by atoms with Crippen LogP contribution in [0.15, 0.2) is 94.2 Å². The van der Waals surface area contributed by atoms with E-state index in [2.05, 4.69) is 121 Å². The molecule has 2 amide bonds. The second-order valence-corrected chi connectivity index (χ2v) is 26.2. The van der Waals surface area contributed by atoms with Crippen molar-refractivity contribution in [2.24, 2.45) is 22.1 Å². The van der Waals surface area contributed by atoms with E-state index in [4.69, 9.17) is 11.1 Å². The number of aryl methyl sites for hydroxylation is 2. The van der Waals surface area contributed by atoms with Gasteiger partial charge in [-0.05, 0) is 147 Å². The van der Waals surface area contributed by atoms with Crippen molar-refractivity contribution in [3.05, 3.63) is 124 Å². The molecule has 74 heavy (non-hydrogen) atoms. The highest BCUT2D eigenvalue weighted by Crippen LogP contribution is 2.52. The monoisotopic (exact) mass is 1100 g/mol. The summed E-state index contributed by atoms with van der Waals surface area (Å²) in [5.41, 5.74) is 19.8. The van der Waals surface area contributed by atoms with Crippen LogP contribution in [0.3, 0.4) is 0 Å². The second kappa shape index (κ2) is 27.9. The predicted octanol–water partition coefficient (Wildman–Crippen LogP) is 19.8. The standard InChI is InChI=1S/C58H70N8O2S6/c1-5-9-19-39(7-3)37-65-55(51-33-31-49(73-51)47-29-27-45(71-47)43-25-23-41(69-43)21-15-11-13-17-35-61-63-59)53-54(57(65)67)56(66(58(53)68)38-40(8-4)20-10-6-2)52-34-32-50(74-52)48-30-28-46(72-48)44-26-24-42(70-44)22-16-12-14-18-36-62-64-60/h23-34,39-40H,5-22,35-38H2,1-4H3. The molecule has 0 saturated heterocycles. The predicted molar refractivity (Wildman–Crippen MR) is 318 cm³/mol. The van der Waals surface area contributed by atoms with Crippen LogP contribution in [0.2, 0.25) is 0 Å². The molecule has 2 unspecified atom stereocenters. The third-order valence-electron chi connectivity index (χ3n) is 14.3. The Morgan fingerprint density at radius 1 is 0.432 bits per heavy atom. The molecule has 0 N–H and O–H groups in total. The van der Waals surface area contributed by atoms with Crippen LogP contribution in [-0.4, -0.2) is 47.8 Å². The van der Waals surface area contributed by atoms with E-state index in [1.807, 2.05) is 32.5 Å². The van der Waals surface area contributed by atoms with Crippen LogP contribution in [0.4, 0.5) is 0 Å². The number of rotatable bonds is 32. The Kier molecular flexibility index (Phi) is 20.9. The summed E-state index contributed by atoms with van der Waals surface area (Å²) in [6, 6.07) is 26.6. The van der Waals surface area contributed by atoms with Crippen LogP contribution >= 0.6 is 68.0 Å². The van der Waals surface area contributed by atoms with E-state index in [9.17, 15) is 0 Å². The Morgan fingerprint density at radius 3 is 1.11 bits per heavy atom. The Hall–Kier alpha value is -4.76. The summed E-state index contributed by atoms with van der Waals surface area (Å²) in [5, 5.41) is 7.32. The first-order chi connectivity index (χ1) is 36.3. The maximum Gasteiger partial charge on any atom is 0.261 e. The minimum atomic E-state index is -0.0394. The first-order valence-electron chi connectivity index (χ1n) is 27.0. The van der Waals surface area contributed by atoms with E-state index in [0.29, 0.717) is 49.2 Å². The van der Waals surface area contributed by atoms with Crippen molar-refractivity contribution in [2.45, 2.75) is 143 Å². The molecule has 0 spiro atoms. The fraction of sp³-hybridized carbons (Fsp3) is 0.483. The molecule has 8 rings (SSSR count). The smallest absolute Gasteiger partial charge is 0.261 e. The zero-order valence-corrected chi connectivity index (χ0v) is 48.4. The molecule has 0 saturated carbocycles. The van der Waals surface area contributed by atoms with Gasteiger partial charge in [-0.25, -0.2) is 0 Å². The van der Waals surface area contributed by atoms with Gasteiger partial charge in [0.15, 0.2) is 0 Å². The second-order valence-electron chi connectivity index (χ2n) is 19.5. The largest absolute Gasteiger partial charge is 0.306 e. The molecule has 0 aliphatic carbocycles. The van der Waals surface area contributed by atoms with Crippen LogP contribution in [0.1, 0.15) is 150 Å². The first-order valence-corrected chi connectivity index (χ1v) is 31.9. The molecule has 0 radical (unpaired) electrons. The van der Waals surface area contributed by atoms with Crippen LogP contribution in [0, 0.1) is 11.8 Å². The molecular formula is C58H70N8O2S6. The highest BCUT2D eigenvalue weighted by atomic mass is 32.1. The third kappa shape index (κ3) is 13.6. The maximum atomic E-state index is 15.5. The molecule has 2 aliphatic heterocycles. The molecule has 8 heterocycles. The molecule has 0 aromatic carbocycles. The third-order valence-corrected chi connectivity index (χ3v) is 21.8. The lowest BCUT2D eigenvalue weighted by Crippen LogP contribution is -2.34. The van der Waals surface area contributed by atoms with Gasteiger partial charge >= 0.3 is 0 Å². The number of fused-ring (bicyclic) bond motifs is 1. The van der Waals surface area contributed by atoms with Crippen LogP contribution in [0.25, 0.3) is 71.3 Å². The van der Waals surface area contributed by atoms with Gasteiger partial charge in [0.25, 0.3) is 11.8 Å². The minimum Gasteiger partial charge on any atom is -0.306 e. The lowest BCUT2D eigenvalue weighted by atomic mass is 9.98. The normalized spacial score (nSPS) is 14.4. The molecule has 10 nitrogen and oxygen atoms in total. The van der Waals surface area contributed by atoms with Gasteiger partial charge in [-0.3, -0.25) is 9.59 Å². The average molecular weight is 1100 g/mol. The van der Waals surface area contributed by atoms with E-state index in [-0.39, 0.29) is 11.8 Å². The van der Waals surface area contributed by atoms with Crippen molar-refractivity contribution >= 4 is 91.2 Å². The molecule has 6 aromatic heterocycles. The van der Waals surface area contributed by atoms with Crippen molar-refractivity contribution in [2.75, 3.05) is 26.2 Å². The quantitative estimate of drug-likeness (QED) is 0.0180. The van der Waals surface area contributed by atoms with Crippen LogP contribution in [-0.2, 0) is 22.4 Å². The molecule has 0 fully saturated rings. The van der Waals surface area contributed by atoms with E-state index >= 15 is 9.59 Å². The van der Waals surface area contributed by atoms with Crippen LogP contribution < -0.4 is 0 Å². The summed E-state index contributed by atoms with van der Waals surface area (Å²) in [6.07, 6.45) is 19.1. The Balaban J connectivity index is 1.09. The van der Waals surface area contributed by atoms with Gasteiger partial charge in [-0.2, -0.15) is 0 Å². The Bertz CT molecular complexity index is 2790. The SMILES string of the molecule is CCCCC(CC)CN1C(=O)C2=C(c3ccc(-c4ccc(-c5ccc(CCCCCCN=[N+]=[N-])s5)s4)s3)N(CC(CC)CCCC)C(=O)C2=C1c1ccc(-c2ccc(-c3ccc(CCCCCCN=[N+]=[N-])s3)s2)s1. The van der Waals surface area contributed by atoms with Crippen molar-refractivity contribution in [3.8, 4) is 39.0 Å². The van der Waals surface area contributed by atoms with Crippen LogP contribution in [0.5, 0.6) is 0 Å². The number of carbonyl (C=O) groups excluding carboxylic acids is 2. The minimum absolute atomic E-state index is 0.0394. The van der Waals surface area contributed by atoms with Gasteiger partial charge < -0.3 is 9.80 Å². The molecular weight excluding hydrogens is 1030 g/mol. The number of unbranched alkanes of at least 4 members (excludes halogenated alkanes) is 8. The van der Waals surface area contributed by atoms with Gasteiger partial charge in [0.2, 0.25) is 0 Å². The number of nitrogens with zero attached hydrogens (tertiary/aromatic N) is 8. The highest BCUT2D eigenvalue weighted by Gasteiger charge is 2.50. The van der Waals surface area contributed by atoms with Gasteiger partial charge in [0.05, 0.1) is 32.3 Å².